The van der Waals surface area contributed by atoms with Gasteiger partial charge in [0.1, 0.15) is 5.75 Å². The van der Waals surface area contributed by atoms with Crippen LogP contribution in [0.5, 0.6) is 5.75 Å². The van der Waals surface area contributed by atoms with Gasteiger partial charge in [-0.25, -0.2) is 23.2 Å². The van der Waals surface area contributed by atoms with E-state index in [1.54, 1.807) is 18.2 Å². The number of rotatable bonds is 11. The van der Waals surface area contributed by atoms with E-state index < -0.39 is 24.1 Å². The van der Waals surface area contributed by atoms with Crippen molar-refractivity contribution in [2.24, 2.45) is 23.7 Å². The molecule has 6 atom stereocenters. The monoisotopic (exact) mass is 791 g/mol. The molecule has 2 fully saturated rings. The van der Waals surface area contributed by atoms with Crippen LogP contribution in [0.15, 0.2) is 72.2 Å². The van der Waals surface area contributed by atoms with Gasteiger partial charge in [-0.3, -0.25) is 0 Å². The summed E-state index contributed by atoms with van der Waals surface area (Å²) in [5.74, 6) is 0.536. The zero-order valence-electron chi connectivity index (χ0n) is 32.1. The number of aromatic carboxylic acids is 1. The van der Waals surface area contributed by atoms with Crippen molar-refractivity contribution in [3.8, 4) is 5.75 Å². The Morgan fingerprint density at radius 1 is 1.11 bits per heavy atom. The number of hydrogen-bond donors (Lipinski definition) is 1. The lowest BCUT2D eigenvalue weighted by Gasteiger charge is -2.48. The fourth-order valence-corrected chi connectivity index (χ4v) is 11.7. The minimum Gasteiger partial charge on any atom is -0.490 e. The van der Waals surface area contributed by atoms with Crippen LogP contribution in [0.1, 0.15) is 80.8 Å². The molecule has 3 aromatic rings. The topological polar surface area (TPSA) is 119 Å². The van der Waals surface area contributed by atoms with Crippen molar-refractivity contribution >= 4 is 41.4 Å². The van der Waals surface area contributed by atoms with Gasteiger partial charge in [0.05, 0.1) is 29.7 Å². The zero-order valence-corrected chi connectivity index (χ0v) is 34.7. The Labute approximate surface area is 326 Å². The molecule has 1 spiro atoms. The van der Waals surface area contributed by atoms with E-state index in [1.165, 1.54) is 23.5 Å². The molecule has 3 aliphatic carbocycles. The SMILES string of the molecule is CC(C)(C)[Si](C)(C)OC(/C=C/[C@H]1CC[C@@H]1CS(=O)(=O)c1ncccn1)[C@@H]1CC[C@H]1CN1CC2(CCCc3cc(Cl)ccc32)COc2ccc(C(=O)O)cc21. The van der Waals surface area contributed by atoms with E-state index in [1.807, 2.05) is 12.1 Å². The maximum absolute atomic E-state index is 13.2. The van der Waals surface area contributed by atoms with E-state index in [4.69, 9.17) is 20.8 Å². The molecule has 1 N–H and O–H groups in total. The Kier molecular flexibility index (Phi) is 10.8. The Bertz CT molecular complexity index is 2000. The second kappa shape index (κ2) is 15.0. The molecule has 2 aromatic carbocycles. The molecule has 0 amide bonds. The fourth-order valence-electron chi connectivity index (χ4n) is 8.68. The standard InChI is InChI=1S/C42H54ClN3O6SSi/c1-41(2,3)54(4,5)52-37(17-12-28-9-10-32(28)25-53(49,50)40-44-20-7-21-45-40)34-15-11-31(34)24-46-26-42(19-6-8-29-22-33(43)14-16-35(29)42)27-51-38-18-13-30(39(47)48)23-36(38)46/h7,12-14,16-18,20-23,28,31-32,34,37H,6,8-11,15,19,24-27H2,1-5H3,(H,47,48)/b17-12+/t28-,31+,32-,34-,37?,42?/m1/s1. The summed E-state index contributed by atoms with van der Waals surface area (Å²) in [4.78, 5) is 22.7. The minimum absolute atomic E-state index is 0.0129. The number of anilines is 1. The van der Waals surface area contributed by atoms with Gasteiger partial charge in [-0.2, -0.15) is 0 Å². The molecule has 54 heavy (non-hydrogen) atoms. The maximum Gasteiger partial charge on any atom is 0.335 e. The highest BCUT2D eigenvalue weighted by atomic mass is 35.5. The summed E-state index contributed by atoms with van der Waals surface area (Å²) in [6.07, 6.45) is 14.2. The van der Waals surface area contributed by atoms with E-state index in [0.717, 1.165) is 68.0 Å². The van der Waals surface area contributed by atoms with Crippen LogP contribution in [0.25, 0.3) is 0 Å². The van der Waals surface area contributed by atoms with Gasteiger partial charge in [0, 0.05) is 35.9 Å². The lowest BCUT2D eigenvalue weighted by molar-refractivity contribution is 0.0519. The number of carbonyl (C=O) groups is 1. The predicted octanol–water partition coefficient (Wildman–Crippen LogP) is 8.77. The van der Waals surface area contributed by atoms with Crippen LogP contribution in [0.2, 0.25) is 23.2 Å². The highest BCUT2D eigenvalue weighted by Crippen LogP contribution is 2.49. The number of hydrogen-bond acceptors (Lipinski definition) is 8. The van der Waals surface area contributed by atoms with Gasteiger partial charge in [0.25, 0.3) is 0 Å². The van der Waals surface area contributed by atoms with Gasteiger partial charge in [-0.15, -0.1) is 0 Å². The molecular weight excluding hydrogens is 738 g/mol. The molecule has 2 unspecified atom stereocenters. The van der Waals surface area contributed by atoms with Crippen molar-refractivity contribution in [1.82, 2.24) is 9.97 Å². The Hall–Kier alpha value is -3.25. The van der Waals surface area contributed by atoms with E-state index in [0.29, 0.717) is 19.1 Å². The first-order chi connectivity index (χ1) is 25.6. The molecule has 1 aromatic heterocycles. The van der Waals surface area contributed by atoms with Crippen LogP contribution in [0.3, 0.4) is 0 Å². The highest BCUT2D eigenvalue weighted by Gasteiger charge is 2.47. The third kappa shape index (κ3) is 7.88. The van der Waals surface area contributed by atoms with Gasteiger partial charge >= 0.3 is 5.97 Å². The highest BCUT2D eigenvalue weighted by molar-refractivity contribution is 7.91. The van der Waals surface area contributed by atoms with E-state index in [2.05, 4.69) is 73.0 Å². The number of nitrogens with zero attached hydrogens (tertiary/aromatic N) is 3. The molecule has 2 heterocycles. The summed E-state index contributed by atoms with van der Waals surface area (Å²) in [5.41, 5.74) is 3.36. The van der Waals surface area contributed by atoms with Gasteiger partial charge in [-0.05, 0) is 134 Å². The first-order valence-electron chi connectivity index (χ1n) is 19.5. The summed E-state index contributed by atoms with van der Waals surface area (Å²) in [7, 11) is -5.78. The number of aromatic nitrogens is 2. The van der Waals surface area contributed by atoms with E-state index in [-0.39, 0.29) is 50.8 Å². The number of sulfone groups is 1. The van der Waals surface area contributed by atoms with Crippen LogP contribution in [-0.4, -0.2) is 69.3 Å². The molecule has 12 heteroatoms. The maximum atomic E-state index is 13.2. The van der Waals surface area contributed by atoms with Gasteiger partial charge in [0.2, 0.25) is 15.0 Å². The Morgan fingerprint density at radius 3 is 2.54 bits per heavy atom. The fraction of sp³-hybridized carbons (Fsp3) is 0.548. The summed E-state index contributed by atoms with van der Waals surface area (Å²) in [6.45, 7) is 13.4. The van der Waals surface area contributed by atoms with Gasteiger partial charge in [0.15, 0.2) is 8.32 Å². The Balaban J connectivity index is 1.17. The number of fused-ring (bicyclic) bond motifs is 3. The molecule has 0 saturated heterocycles. The van der Waals surface area contributed by atoms with Crippen LogP contribution in [-0.2, 0) is 26.1 Å². The summed E-state index contributed by atoms with van der Waals surface area (Å²) in [5, 5.41) is 10.7. The third-order valence-electron chi connectivity index (χ3n) is 13.2. The average Bonchev–Trinajstić information content (AvgIpc) is 3.25. The lowest BCUT2D eigenvalue weighted by Crippen LogP contribution is -2.52. The summed E-state index contributed by atoms with van der Waals surface area (Å²) in [6, 6.07) is 13.1. The van der Waals surface area contributed by atoms with Crippen molar-refractivity contribution < 1.29 is 27.5 Å². The normalized spacial score (nSPS) is 26.2. The number of ether oxygens (including phenoxy) is 1. The van der Waals surface area contributed by atoms with Gasteiger partial charge < -0.3 is 19.2 Å². The van der Waals surface area contributed by atoms with Crippen molar-refractivity contribution in [3.05, 3.63) is 88.7 Å². The number of aryl methyl sites for hydroxylation is 1. The summed E-state index contributed by atoms with van der Waals surface area (Å²) < 4.78 is 40.2. The molecular formula is C42H54ClN3O6SSi. The smallest absolute Gasteiger partial charge is 0.335 e. The van der Waals surface area contributed by atoms with Crippen LogP contribution in [0, 0.1) is 23.7 Å². The first kappa shape index (κ1) is 39.0. The van der Waals surface area contributed by atoms with Crippen LogP contribution < -0.4 is 9.64 Å². The molecule has 7 rings (SSSR count). The Morgan fingerprint density at radius 2 is 1.87 bits per heavy atom. The molecule has 4 aliphatic rings. The van der Waals surface area contributed by atoms with Gasteiger partial charge in [-0.1, -0.05) is 50.6 Å². The minimum atomic E-state index is -3.58. The molecule has 9 nitrogen and oxygen atoms in total. The molecule has 0 radical (unpaired) electrons. The number of carboxylic acid groups (broad SMARTS) is 1. The van der Waals surface area contributed by atoms with Crippen molar-refractivity contribution in [3.63, 3.8) is 0 Å². The number of benzene rings is 2. The third-order valence-corrected chi connectivity index (χ3v) is 19.5. The molecule has 290 valence electrons. The molecule has 0 bridgehead atoms. The number of allylic oxidation sites excluding steroid dienone is 1. The lowest BCUT2D eigenvalue weighted by atomic mass is 9.68. The number of halogens is 1. The van der Waals surface area contributed by atoms with Crippen molar-refractivity contribution in [1.29, 1.82) is 0 Å². The second-order valence-electron chi connectivity index (χ2n) is 17.6. The predicted molar refractivity (Wildman–Crippen MR) is 215 cm³/mol. The largest absolute Gasteiger partial charge is 0.490 e. The average molecular weight is 793 g/mol. The van der Waals surface area contributed by atoms with Crippen molar-refractivity contribution in [2.75, 3.05) is 30.3 Å². The molecule has 2 saturated carbocycles. The van der Waals surface area contributed by atoms with Crippen LogP contribution in [0.4, 0.5) is 5.69 Å². The quantitative estimate of drug-likeness (QED) is 0.116. The van der Waals surface area contributed by atoms with Crippen molar-refractivity contribution in [2.45, 2.75) is 101 Å². The molecule has 1 aliphatic heterocycles. The second-order valence-corrected chi connectivity index (χ2v) is 24.8. The van der Waals surface area contributed by atoms with Crippen LogP contribution >= 0.6 is 11.6 Å². The first-order valence-corrected chi connectivity index (χ1v) is 24.4. The zero-order chi connectivity index (χ0) is 38.5. The number of carboxylic acids is 1. The van der Waals surface area contributed by atoms with E-state index >= 15 is 0 Å². The summed E-state index contributed by atoms with van der Waals surface area (Å²) >= 11 is 6.48. The van der Waals surface area contributed by atoms with E-state index in [9.17, 15) is 18.3 Å².